The predicted octanol–water partition coefficient (Wildman–Crippen LogP) is 5.21. The van der Waals surface area contributed by atoms with Crippen molar-refractivity contribution in [2.45, 2.75) is 20.8 Å². The van der Waals surface area contributed by atoms with Crippen LogP contribution in [0.2, 0.25) is 0 Å². The van der Waals surface area contributed by atoms with Gasteiger partial charge in [-0.25, -0.2) is 4.39 Å². The molecule has 0 fully saturated rings. The summed E-state index contributed by atoms with van der Waals surface area (Å²) in [6.45, 7) is 6.03. The zero-order valence-corrected chi connectivity index (χ0v) is 19.1. The van der Waals surface area contributed by atoms with Crippen molar-refractivity contribution >= 4 is 39.8 Å². The highest BCUT2D eigenvalue weighted by Crippen LogP contribution is 2.32. The molecule has 0 spiro atoms. The Labute approximate surface area is 194 Å². The number of amidine groups is 2. The van der Waals surface area contributed by atoms with E-state index in [1.807, 2.05) is 45.0 Å². The second-order valence-electron chi connectivity index (χ2n) is 7.91. The zero-order chi connectivity index (χ0) is 23.3. The number of benzene rings is 2. The second-order valence-corrected chi connectivity index (χ2v) is 8.86. The average Bonchev–Trinajstić information content (AvgIpc) is 3.32. The Balaban J connectivity index is 1.53. The molecule has 1 amide bonds. The van der Waals surface area contributed by atoms with Gasteiger partial charge in [0.25, 0.3) is 5.91 Å². The van der Waals surface area contributed by atoms with E-state index in [0.717, 1.165) is 40.0 Å². The van der Waals surface area contributed by atoms with Gasteiger partial charge in [-0.1, -0.05) is 24.3 Å². The van der Waals surface area contributed by atoms with Crippen molar-refractivity contribution < 1.29 is 9.18 Å². The van der Waals surface area contributed by atoms with Crippen molar-refractivity contribution in [3.8, 4) is 5.69 Å². The van der Waals surface area contributed by atoms with Gasteiger partial charge in [0.15, 0.2) is 5.84 Å². The molecule has 0 aliphatic carbocycles. The molecule has 2 aromatic carbocycles. The minimum absolute atomic E-state index is 0.0794. The number of nitrogens with one attached hydrogen (secondary N) is 1. The minimum Gasteiger partial charge on any atom is -0.318 e. The predicted molar refractivity (Wildman–Crippen MR) is 130 cm³/mol. The lowest BCUT2D eigenvalue weighted by Crippen LogP contribution is -2.35. The number of fused-ring (bicyclic) bond motifs is 1. The monoisotopic (exact) mass is 457 g/mol. The van der Waals surface area contributed by atoms with Gasteiger partial charge in [-0.3, -0.25) is 10.2 Å². The molecule has 3 aromatic rings. The third-order valence-electron chi connectivity index (χ3n) is 5.59. The topological polar surface area (TPSA) is 73.8 Å². The summed E-state index contributed by atoms with van der Waals surface area (Å²) in [6, 6.07) is 16.5. The lowest BCUT2D eigenvalue weighted by molar-refractivity contribution is -0.114. The van der Waals surface area contributed by atoms with Gasteiger partial charge in [-0.05, 0) is 80.1 Å². The van der Waals surface area contributed by atoms with E-state index < -0.39 is 11.7 Å². The van der Waals surface area contributed by atoms with Crippen LogP contribution >= 0.6 is 11.8 Å². The fourth-order valence-electron chi connectivity index (χ4n) is 3.99. The number of aryl methyl sites for hydroxylation is 2. The van der Waals surface area contributed by atoms with Crippen molar-refractivity contribution in [1.29, 1.82) is 5.41 Å². The van der Waals surface area contributed by atoms with Crippen LogP contribution in [0.5, 0.6) is 0 Å². The lowest BCUT2D eigenvalue weighted by atomic mass is 10.1. The highest BCUT2D eigenvalue weighted by Gasteiger charge is 2.36. The summed E-state index contributed by atoms with van der Waals surface area (Å²) in [7, 11) is 0. The molecule has 0 atom stereocenters. The van der Waals surface area contributed by atoms with Gasteiger partial charge in [-0.15, -0.1) is 0 Å². The normalized spacial score (nSPS) is 16.8. The highest BCUT2D eigenvalue weighted by atomic mass is 32.2. The highest BCUT2D eigenvalue weighted by molar-refractivity contribution is 8.27. The van der Waals surface area contributed by atoms with Crippen molar-refractivity contribution in [3.63, 3.8) is 0 Å². The van der Waals surface area contributed by atoms with Crippen LogP contribution in [0.15, 0.2) is 70.3 Å². The Morgan fingerprint density at radius 2 is 1.85 bits per heavy atom. The number of carbonyl (C=O) groups excluding carboxylic acids is 1. The number of rotatable bonds is 3. The number of carbonyl (C=O) groups is 1. The second kappa shape index (κ2) is 7.97. The quantitative estimate of drug-likeness (QED) is 0.549. The van der Waals surface area contributed by atoms with Gasteiger partial charge in [0.2, 0.25) is 5.17 Å². The summed E-state index contributed by atoms with van der Waals surface area (Å²) >= 11 is 1.08. The summed E-state index contributed by atoms with van der Waals surface area (Å²) in [5.74, 6) is -1.00. The Morgan fingerprint density at radius 1 is 1.06 bits per heavy atom. The molecule has 2 aliphatic heterocycles. The molecule has 0 saturated heterocycles. The lowest BCUT2D eigenvalue weighted by Gasteiger charge is -2.20. The molecule has 1 N–H and O–H groups in total. The molecule has 3 heterocycles. The molecule has 5 rings (SSSR count). The maximum Gasteiger partial charge on any atom is 0.283 e. The van der Waals surface area contributed by atoms with Crippen molar-refractivity contribution in [1.82, 2.24) is 9.58 Å². The van der Waals surface area contributed by atoms with Crippen LogP contribution in [0, 0.1) is 32.0 Å². The molecular formula is C25H20FN5OS. The first kappa shape index (κ1) is 21.1. The number of amides is 1. The van der Waals surface area contributed by atoms with Crippen molar-refractivity contribution in [2.75, 3.05) is 0 Å². The third-order valence-corrected chi connectivity index (χ3v) is 6.53. The maximum atomic E-state index is 14.2. The standard InChI is InChI=1S/C25H20FN5OS/c1-14-7-6-8-18(11-14)30-15(2)12-17(16(30)3)13-20-22(27)31-25(28-23(20)32)33-24(29-31)19-9-4-5-10-21(19)26/h4-13,27H,1-3H3/b20-13-,27-22?. The summed E-state index contributed by atoms with van der Waals surface area (Å²) < 4.78 is 16.3. The van der Waals surface area contributed by atoms with Gasteiger partial charge >= 0.3 is 0 Å². The van der Waals surface area contributed by atoms with Gasteiger partial charge in [0, 0.05) is 22.6 Å². The molecule has 0 radical (unpaired) electrons. The van der Waals surface area contributed by atoms with Crippen LogP contribution in [0.3, 0.4) is 0 Å². The number of thioether (sulfide) groups is 1. The number of aliphatic imine (C=N–C) groups is 1. The van der Waals surface area contributed by atoms with Crippen LogP contribution in [0.1, 0.15) is 28.1 Å². The van der Waals surface area contributed by atoms with Gasteiger partial charge in [0.05, 0.1) is 5.57 Å². The molecule has 0 unspecified atom stereocenters. The van der Waals surface area contributed by atoms with Crippen molar-refractivity contribution in [3.05, 3.63) is 94.1 Å². The van der Waals surface area contributed by atoms with E-state index in [9.17, 15) is 9.18 Å². The van der Waals surface area contributed by atoms with Crippen LogP contribution in [-0.2, 0) is 4.79 Å². The van der Waals surface area contributed by atoms with Gasteiger partial charge < -0.3 is 4.57 Å². The molecule has 164 valence electrons. The van der Waals surface area contributed by atoms with E-state index in [1.54, 1.807) is 24.3 Å². The Hall–Kier alpha value is -3.78. The fourth-order valence-corrected chi connectivity index (χ4v) is 4.91. The Bertz CT molecular complexity index is 1430. The smallest absolute Gasteiger partial charge is 0.283 e. The largest absolute Gasteiger partial charge is 0.318 e. The summed E-state index contributed by atoms with van der Waals surface area (Å²) in [6.07, 6.45) is 1.68. The number of aromatic nitrogens is 1. The SMILES string of the molecule is Cc1cccc(-n2c(C)cc(/C=C3/C(=N)N4N=C(c5ccccc5F)SC4=NC3=O)c2C)c1. The van der Waals surface area contributed by atoms with Gasteiger partial charge in [-0.2, -0.15) is 15.1 Å². The Kier molecular flexibility index (Phi) is 5.09. The van der Waals surface area contributed by atoms with E-state index in [4.69, 9.17) is 5.41 Å². The molecule has 2 aliphatic rings. The molecule has 1 aromatic heterocycles. The van der Waals surface area contributed by atoms with Crippen LogP contribution in [0.4, 0.5) is 4.39 Å². The van der Waals surface area contributed by atoms with Crippen LogP contribution < -0.4 is 0 Å². The summed E-state index contributed by atoms with van der Waals surface area (Å²) in [5, 5.41) is 14.9. The van der Waals surface area contributed by atoms with E-state index in [1.165, 1.54) is 11.1 Å². The summed E-state index contributed by atoms with van der Waals surface area (Å²) in [5.41, 5.74) is 5.43. The molecule has 33 heavy (non-hydrogen) atoms. The first-order valence-corrected chi connectivity index (χ1v) is 11.2. The number of hydrazone groups is 1. The van der Waals surface area contributed by atoms with E-state index in [0.29, 0.717) is 10.6 Å². The number of hydrogen-bond donors (Lipinski definition) is 1. The van der Waals surface area contributed by atoms with Gasteiger partial charge in [0.1, 0.15) is 10.9 Å². The van der Waals surface area contributed by atoms with E-state index in [2.05, 4.69) is 20.7 Å². The number of nitrogens with zero attached hydrogens (tertiary/aromatic N) is 4. The molecular weight excluding hydrogens is 437 g/mol. The maximum absolute atomic E-state index is 14.2. The van der Waals surface area contributed by atoms with Crippen LogP contribution in [-0.4, -0.2) is 31.5 Å². The molecule has 0 bridgehead atoms. The number of halogens is 1. The van der Waals surface area contributed by atoms with Crippen LogP contribution in [0.25, 0.3) is 11.8 Å². The molecule has 8 heteroatoms. The van der Waals surface area contributed by atoms with E-state index in [-0.39, 0.29) is 16.6 Å². The molecule has 6 nitrogen and oxygen atoms in total. The number of hydrogen-bond acceptors (Lipinski definition) is 4. The fraction of sp³-hybridized carbons (Fsp3) is 0.120. The third kappa shape index (κ3) is 3.62. The first-order valence-electron chi connectivity index (χ1n) is 10.3. The first-order chi connectivity index (χ1) is 15.8. The average molecular weight is 458 g/mol. The zero-order valence-electron chi connectivity index (χ0n) is 18.3. The summed E-state index contributed by atoms with van der Waals surface area (Å²) in [4.78, 5) is 16.9. The minimum atomic E-state index is -0.510. The molecule has 0 saturated carbocycles. The van der Waals surface area contributed by atoms with E-state index >= 15 is 0 Å². The Morgan fingerprint density at radius 3 is 2.61 bits per heavy atom. The van der Waals surface area contributed by atoms with Crippen molar-refractivity contribution in [2.24, 2.45) is 10.1 Å².